The molecule has 0 aliphatic heterocycles. The average molecular weight is 193 g/mol. The Labute approximate surface area is 85.5 Å². The van der Waals surface area contributed by atoms with Crippen molar-refractivity contribution in [3.05, 3.63) is 18.2 Å². The maximum absolute atomic E-state index is 4.34. The standard InChI is InChI=1S/C11H19N3/c1-3-14-7-6-12-11(14)8-13-9(2)10-4-5-10/h6-7,9-10,13H,3-5,8H2,1-2H3. The molecule has 2 rings (SSSR count). The first-order valence-electron chi connectivity index (χ1n) is 5.54. The number of hydrogen-bond acceptors (Lipinski definition) is 2. The Morgan fingerprint density at radius 3 is 3.07 bits per heavy atom. The van der Waals surface area contributed by atoms with Crippen LogP contribution in [0.15, 0.2) is 12.4 Å². The third-order valence-electron chi connectivity index (χ3n) is 3.05. The Morgan fingerprint density at radius 2 is 2.43 bits per heavy atom. The second kappa shape index (κ2) is 4.13. The van der Waals surface area contributed by atoms with Crippen molar-refractivity contribution in [1.82, 2.24) is 14.9 Å². The third kappa shape index (κ3) is 2.15. The van der Waals surface area contributed by atoms with Crippen molar-refractivity contribution in [3.8, 4) is 0 Å². The lowest BCUT2D eigenvalue weighted by Gasteiger charge is -2.12. The monoisotopic (exact) mass is 193 g/mol. The Morgan fingerprint density at radius 1 is 1.64 bits per heavy atom. The highest BCUT2D eigenvalue weighted by Gasteiger charge is 2.27. The zero-order valence-corrected chi connectivity index (χ0v) is 9.03. The van der Waals surface area contributed by atoms with E-state index >= 15 is 0 Å². The van der Waals surface area contributed by atoms with Gasteiger partial charge < -0.3 is 9.88 Å². The van der Waals surface area contributed by atoms with Crippen LogP contribution in [0.25, 0.3) is 0 Å². The van der Waals surface area contributed by atoms with Gasteiger partial charge in [-0.1, -0.05) is 0 Å². The summed E-state index contributed by atoms with van der Waals surface area (Å²) in [6.45, 7) is 6.33. The number of imidazole rings is 1. The van der Waals surface area contributed by atoms with Gasteiger partial charge in [-0.3, -0.25) is 0 Å². The molecule has 0 saturated heterocycles. The highest BCUT2D eigenvalue weighted by Crippen LogP contribution is 2.32. The highest BCUT2D eigenvalue weighted by molar-refractivity contribution is 4.93. The fourth-order valence-electron chi connectivity index (χ4n) is 1.81. The molecule has 1 aromatic rings. The molecule has 3 heteroatoms. The second-order valence-electron chi connectivity index (χ2n) is 4.14. The van der Waals surface area contributed by atoms with Crippen molar-refractivity contribution >= 4 is 0 Å². The average Bonchev–Trinajstić information content (AvgIpc) is 2.94. The van der Waals surface area contributed by atoms with Gasteiger partial charge in [-0.2, -0.15) is 0 Å². The van der Waals surface area contributed by atoms with Crippen LogP contribution in [0.5, 0.6) is 0 Å². The molecule has 1 aliphatic carbocycles. The zero-order chi connectivity index (χ0) is 9.97. The van der Waals surface area contributed by atoms with E-state index in [2.05, 4.69) is 28.7 Å². The fourth-order valence-corrected chi connectivity index (χ4v) is 1.81. The molecular formula is C11H19N3. The molecular weight excluding hydrogens is 174 g/mol. The molecule has 1 fully saturated rings. The van der Waals surface area contributed by atoms with E-state index in [-0.39, 0.29) is 0 Å². The molecule has 1 aromatic heterocycles. The molecule has 1 unspecified atom stereocenters. The summed E-state index contributed by atoms with van der Waals surface area (Å²) in [5.41, 5.74) is 0. The van der Waals surface area contributed by atoms with E-state index < -0.39 is 0 Å². The third-order valence-corrected chi connectivity index (χ3v) is 3.05. The lowest BCUT2D eigenvalue weighted by atomic mass is 10.2. The summed E-state index contributed by atoms with van der Waals surface area (Å²) in [5.74, 6) is 2.07. The van der Waals surface area contributed by atoms with Gasteiger partial charge in [-0.15, -0.1) is 0 Å². The predicted octanol–water partition coefficient (Wildman–Crippen LogP) is 1.79. The fraction of sp³-hybridized carbons (Fsp3) is 0.727. The summed E-state index contributed by atoms with van der Waals surface area (Å²) in [6.07, 6.45) is 6.72. The Hall–Kier alpha value is -0.830. The van der Waals surface area contributed by atoms with E-state index in [1.807, 2.05) is 12.4 Å². The topological polar surface area (TPSA) is 29.9 Å². The Balaban J connectivity index is 1.84. The largest absolute Gasteiger partial charge is 0.334 e. The predicted molar refractivity (Wildman–Crippen MR) is 56.9 cm³/mol. The molecule has 14 heavy (non-hydrogen) atoms. The molecule has 1 heterocycles. The molecule has 1 N–H and O–H groups in total. The van der Waals surface area contributed by atoms with Gasteiger partial charge in [0.2, 0.25) is 0 Å². The quantitative estimate of drug-likeness (QED) is 0.772. The van der Waals surface area contributed by atoms with E-state index in [0.717, 1.165) is 24.8 Å². The normalized spacial score (nSPS) is 18.4. The van der Waals surface area contributed by atoms with E-state index in [9.17, 15) is 0 Å². The molecule has 0 amide bonds. The van der Waals surface area contributed by atoms with Crippen molar-refractivity contribution in [3.63, 3.8) is 0 Å². The van der Waals surface area contributed by atoms with Crippen LogP contribution in [0.2, 0.25) is 0 Å². The highest BCUT2D eigenvalue weighted by atomic mass is 15.1. The van der Waals surface area contributed by atoms with Gasteiger partial charge in [0.15, 0.2) is 0 Å². The van der Waals surface area contributed by atoms with Crippen molar-refractivity contribution in [2.24, 2.45) is 5.92 Å². The van der Waals surface area contributed by atoms with Crippen LogP contribution in [0.3, 0.4) is 0 Å². The molecule has 78 valence electrons. The van der Waals surface area contributed by atoms with Crippen molar-refractivity contribution < 1.29 is 0 Å². The maximum Gasteiger partial charge on any atom is 0.122 e. The number of aryl methyl sites for hydroxylation is 1. The SMILES string of the molecule is CCn1ccnc1CNC(C)C1CC1. The second-order valence-corrected chi connectivity index (χ2v) is 4.14. The van der Waals surface area contributed by atoms with Gasteiger partial charge in [0.05, 0.1) is 6.54 Å². The van der Waals surface area contributed by atoms with Crippen LogP contribution >= 0.6 is 0 Å². The molecule has 0 spiro atoms. The summed E-state index contributed by atoms with van der Waals surface area (Å²) >= 11 is 0. The van der Waals surface area contributed by atoms with Crippen LogP contribution in [0.4, 0.5) is 0 Å². The number of rotatable bonds is 5. The number of hydrogen-bond donors (Lipinski definition) is 1. The summed E-state index contributed by atoms with van der Waals surface area (Å²) in [7, 11) is 0. The maximum atomic E-state index is 4.34. The molecule has 0 aromatic carbocycles. The lowest BCUT2D eigenvalue weighted by Crippen LogP contribution is -2.28. The van der Waals surface area contributed by atoms with Crippen LogP contribution in [-0.2, 0) is 13.1 Å². The van der Waals surface area contributed by atoms with E-state index in [4.69, 9.17) is 0 Å². The first-order chi connectivity index (χ1) is 6.81. The summed E-state index contributed by atoms with van der Waals surface area (Å²) in [4.78, 5) is 4.34. The Kier molecular flexibility index (Phi) is 2.87. The lowest BCUT2D eigenvalue weighted by molar-refractivity contribution is 0.479. The molecule has 0 radical (unpaired) electrons. The van der Waals surface area contributed by atoms with Crippen LogP contribution in [0, 0.1) is 5.92 Å². The molecule has 1 saturated carbocycles. The Bertz CT molecular complexity index is 288. The summed E-state index contributed by atoms with van der Waals surface area (Å²) in [6, 6.07) is 0.650. The van der Waals surface area contributed by atoms with Gasteiger partial charge in [0.1, 0.15) is 5.82 Å². The zero-order valence-electron chi connectivity index (χ0n) is 9.03. The minimum absolute atomic E-state index is 0.650. The van der Waals surface area contributed by atoms with Crippen LogP contribution < -0.4 is 5.32 Å². The van der Waals surface area contributed by atoms with E-state index in [0.29, 0.717) is 6.04 Å². The van der Waals surface area contributed by atoms with Crippen LogP contribution in [-0.4, -0.2) is 15.6 Å². The minimum Gasteiger partial charge on any atom is -0.334 e. The molecule has 3 nitrogen and oxygen atoms in total. The molecule has 1 atom stereocenters. The van der Waals surface area contributed by atoms with E-state index in [1.165, 1.54) is 12.8 Å². The summed E-state index contributed by atoms with van der Waals surface area (Å²) in [5, 5.41) is 3.54. The smallest absolute Gasteiger partial charge is 0.122 e. The first-order valence-corrected chi connectivity index (χ1v) is 5.54. The molecule has 1 aliphatic rings. The van der Waals surface area contributed by atoms with Crippen molar-refractivity contribution in [1.29, 1.82) is 0 Å². The number of nitrogens with zero attached hydrogens (tertiary/aromatic N) is 2. The first kappa shape index (κ1) is 9.71. The number of nitrogens with one attached hydrogen (secondary N) is 1. The minimum atomic E-state index is 0.650. The van der Waals surface area contributed by atoms with E-state index in [1.54, 1.807) is 0 Å². The summed E-state index contributed by atoms with van der Waals surface area (Å²) < 4.78 is 2.19. The molecule has 0 bridgehead atoms. The van der Waals surface area contributed by atoms with Crippen molar-refractivity contribution in [2.75, 3.05) is 0 Å². The van der Waals surface area contributed by atoms with Crippen molar-refractivity contribution in [2.45, 2.75) is 45.8 Å². The number of aromatic nitrogens is 2. The van der Waals surface area contributed by atoms with Gasteiger partial charge in [-0.25, -0.2) is 4.98 Å². The van der Waals surface area contributed by atoms with Gasteiger partial charge in [0.25, 0.3) is 0 Å². The van der Waals surface area contributed by atoms with Gasteiger partial charge >= 0.3 is 0 Å². The van der Waals surface area contributed by atoms with Crippen LogP contribution in [0.1, 0.15) is 32.5 Å². The van der Waals surface area contributed by atoms with Gasteiger partial charge in [0, 0.05) is 25.0 Å². The van der Waals surface area contributed by atoms with Gasteiger partial charge in [-0.05, 0) is 32.6 Å².